The van der Waals surface area contributed by atoms with Crippen LogP contribution in [0.1, 0.15) is 12.8 Å². The highest BCUT2D eigenvalue weighted by molar-refractivity contribution is 7.93. The maximum Gasteiger partial charge on any atom is 0.245 e. The van der Waals surface area contributed by atoms with Crippen molar-refractivity contribution in [3.8, 4) is 5.75 Å². The predicted molar refractivity (Wildman–Crippen MR) is 132 cm³/mol. The highest BCUT2D eigenvalue weighted by atomic mass is 32.2. The molecule has 2 aliphatic heterocycles. The second kappa shape index (κ2) is 10.2. The number of hydrogen-bond donors (Lipinski definition) is 0. The molecule has 0 unspecified atom stereocenters. The van der Waals surface area contributed by atoms with E-state index in [1.54, 1.807) is 6.26 Å². The normalized spacial score (nSPS) is 19.5. The second-order valence-electron chi connectivity index (χ2n) is 8.31. The molecule has 11 nitrogen and oxygen atoms in total. The summed E-state index contributed by atoms with van der Waals surface area (Å²) in [5.74, 6) is 0.346. The van der Waals surface area contributed by atoms with Crippen LogP contribution in [0, 0.1) is 0 Å². The molecule has 0 bridgehead atoms. The van der Waals surface area contributed by atoms with Crippen LogP contribution in [0.15, 0.2) is 63.2 Å². The molecule has 2 aliphatic rings. The van der Waals surface area contributed by atoms with E-state index in [1.165, 1.54) is 57.1 Å². The summed E-state index contributed by atoms with van der Waals surface area (Å²) in [6.07, 6.45) is 3.02. The fourth-order valence-electron chi connectivity index (χ4n) is 4.28. The molecule has 0 N–H and O–H groups in total. The zero-order valence-electron chi connectivity index (χ0n) is 19.6. The lowest BCUT2D eigenvalue weighted by atomic mass is 10.0. The predicted octanol–water partition coefficient (Wildman–Crippen LogP) is 1.88. The van der Waals surface area contributed by atoms with E-state index < -0.39 is 35.6 Å². The van der Waals surface area contributed by atoms with Crippen molar-refractivity contribution in [2.75, 3.05) is 38.8 Å². The van der Waals surface area contributed by atoms with Gasteiger partial charge in [0.15, 0.2) is 15.6 Å². The van der Waals surface area contributed by atoms with Crippen LogP contribution in [-0.4, -0.2) is 78.3 Å². The summed E-state index contributed by atoms with van der Waals surface area (Å²) in [5.41, 5.74) is -1.15. The number of nitrogens with zero attached hydrogens (tertiary/aromatic N) is 2. The summed E-state index contributed by atoms with van der Waals surface area (Å²) in [6.45, 7) is 0.430. The van der Waals surface area contributed by atoms with Gasteiger partial charge >= 0.3 is 0 Å². The lowest BCUT2D eigenvalue weighted by Crippen LogP contribution is -2.55. The molecule has 2 aromatic rings. The largest absolute Gasteiger partial charge is 0.358 e. The van der Waals surface area contributed by atoms with Crippen molar-refractivity contribution in [1.29, 1.82) is 0 Å². The van der Waals surface area contributed by atoms with Crippen molar-refractivity contribution < 1.29 is 39.2 Å². The van der Waals surface area contributed by atoms with Gasteiger partial charge in [0.1, 0.15) is 5.72 Å². The molecule has 0 radical (unpaired) electrons. The Balaban J connectivity index is 1.50. The number of sulfone groups is 1. The summed E-state index contributed by atoms with van der Waals surface area (Å²) in [5, 5.41) is 0. The zero-order valence-corrected chi connectivity index (χ0v) is 22.8. The topological polar surface area (TPSA) is 137 Å². The Hall–Kier alpha value is -1.72. The first-order valence-electron chi connectivity index (χ1n) is 10.8. The lowest BCUT2D eigenvalue weighted by Gasteiger charge is -2.42. The van der Waals surface area contributed by atoms with Crippen molar-refractivity contribution in [3.63, 3.8) is 0 Å². The van der Waals surface area contributed by atoms with Crippen LogP contribution in [0.25, 0.3) is 0 Å². The summed E-state index contributed by atoms with van der Waals surface area (Å²) < 4.78 is 89.7. The Morgan fingerprint density at radius 2 is 1.33 bits per heavy atom. The molecular formula is C21H26N2O9S4. The van der Waals surface area contributed by atoms with Crippen LogP contribution < -0.4 is 4.89 Å². The van der Waals surface area contributed by atoms with Gasteiger partial charge in [-0.2, -0.15) is 8.61 Å². The van der Waals surface area contributed by atoms with Gasteiger partial charge in [0.2, 0.25) is 20.0 Å². The van der Waals surface area contributed by atoms with Crippen molar-refractivity contribution >= 4 is 41.9 Å². The number of piperidine rings is 1. The molecule has 2 fully saturated rings. The van der Waals surface area contributed by atoms with Gasteiger partial charge in [-0.1, -0.05) is 0 Å². The Labute approximate surface area is 215 Å². The second-order valence-corrected chi connectivity index (χ2v) is 14.6. The standard InChI is InChI=1S/C21H26N2O9S4/c1-33-32-31-17-3-5-20(6-4-17)36(28,29)23-15-16-30-21(23)11-13-22(14-12-21)35(26,27)19-9-7-18(8-10-19)34(2,24)25/h3-10H,11-16H2,1-2H3. The average molecular weight is 579 g/mol. The maximum absolute atomic E-state index is 13.4. The van der Waals surface area contributed by atoms with Crippen LogP contribution in [-0.2, 0) is 39.0 Å². The molecular weight excluding hydrogens is 553 g/mol. The van der Waals surface area contributed by atoms with E-state index in [2.05, 4.69) is 0 Å². The Kier molecular flexibility index (Phi) is 7.75. The summed E-state index contributed by atoms with van der Waals surface area (Å²) in [6, 6.07) is 10.8. The van der Waals surface area contributed by atoms with Crippen molar-refractivity contribution in [3.05, 3.63) is 48.5 Å². The SMILES string of the molecule is CSOOc1ccc(S(=O)(=O)N2CCOC23CCN(S(=O)(=O)c2ccc(S(C)(=O)=O)cc2)CC3)cc1. The maximum atomic E-state index is 13.4. The molecule has 0 aliphatic carbocycles. The highest BCUT2D eigenvalue weighted by Gasteiger charge is 2.51. The number of hydrogen-bond acceptors (Lipinski definition) is 10. The van der Waals surface area contributed by atoms with Crippen molar-refractivity contribution in [2.45, 2.75) is 33.3 Å². The van der Waals surface area contributed by atoms with Gasteiger partial charge < -0.3 is 9.62 Å². The summed E-state index contributed by atoms with van der Waals surface area (Å²) >= 11 is 1.01. The van der Waals surface area contributed by atoms with Gasteiger partial charge in [-0.3, -0.25) is 0 Å². The molecule has 198 valence electrons. The highest BCUT2D eigenvalue weighted by Crippen LogP contribution is 2.39. The first-order valence-corrected chi connectivity index (χ1v) is 16.8. The van der Waals surface area contributed by atoms with E-state index in [4.69, 9.17) is 14.0 Å². The summed E-state index contributed by atoms with van der Waals surface area (Å²) in [7, 11) is -11.3. The van der Waals surface area contributed by atoms with Gasteiger partial charge in [0.25, 0.3) is 0 Å². The minimum absolute atomic E-state index is 0.0237. The third-order valence-corrected chi connectivity index (χ3v) is 11.3. The van der Waals surface area contributed by atoms with Crippen LogP contribution in [0.2, 0.25) is 0 Å². The van der Waals surface area contributed by atoms with E-state index in [9.17, 15) is 25.3 Å². The minimum atomic E-state index is -3.93. The summed E-state index contributed by atoms with van der Waals surface area (Å²) in [4.78, 5) is 5.05. The average Bonchev–Trinajstić information content (AvgIpc) is 3.26. The molecule has 15 heteroatoms. The fraction of sp³-hybridized carbons (Fsp3) is 0.429. The third-order valence-electron chi connectivity index (χ3n) is 6.12. The van der Waals surface area contributed by atoms with E-state index >= 15 is 0 Å². The zero-order chi connectivity index (χ0) is 26.2. The smallest absolute Gasteiger partial charge is 0.245 e. The molecule has 1 spiro atoms. The molecule has 2 heterocycles. The van der Waals surface area contributed by atoms with Crippen LogP contribution >= 0.6 is 12.0 Å². The van der Waals surface area contributed by atoms with Gasteiger partial charge in [-0.25, -0.2) is 25.3 Å². The Bertz CT molecular complexity index is 1400. The number of ether oxygens (including phenoxy) is 1. The Morgan fingerprint density at radius 3 is 1.89 bits per heavy atom. The van der Waals surface area contributed by atoms with Gasteiger partial charge in [0, 0.05) is 57.0 Å². The quantitative estimate of drug-likeness (QED) is 0.259. The van der Waals surface area contributed by atoms with Crippen LogP contribution in [0.4, 0.5) is 0 Å². The monoisotopic (exact) mass is 578 g/mol. The van der Waals surface area contributed by atoms with E-state index in [-0.39, 0.29) is 53.8 Å². The molecule has 4 rings (SSSR count). The van der Waals surface area contributed by atoms with Crippen LogP contribution in [0.3, 0.4) is 0 Å². The number of rotatable bonds is 8. The first-order chi connectivity index (χ1) is 16.9. The van der Waals surface area contributed by atoms with E-state index in [1.807, 2.05) is 0 Å². The molecule has 36 heavy (non-hydrogen) atoms. The first kappa shape index (κ1) is 27.3. The molecule has 0 aromatic heterocycles. The van der Waals surface area contributed by atoms with Gasteiger partial charge in [-0.15, -0.1) is 4.33 Å². The van der Waals surface area contributed by atoms with Gasteiger partial charge in [0.05, 0.1) is 21.3 Å². The number of sulfonamides is 2. The minimum Gasteiger partial charge on any atom is -0.358 e. The van der Waals surface area contributed by atoms with Crippen molar-refractivity contribution in [2.24, 2.45) is 0 Å². The molecule has 2 aromatic carbocycles. The molecule has 0 amide bonds. The lowest BCUT2D eigenvalue weighted by molar-refractivity contribution is -0.0807. The van der Waals surface area contributed by atoms with Crippen LogP contribution in [0.5, 0.6) is 5.75 Å². The fourth-order valence-corrected chi connectivity index (χ4v) is 8.22. The molecule has 2 saturated heterocycles. The molecule has 0 saturated carbocycles. The molecule has 0 atom stereocenters. The van der Waals surface area contributed by atoms with Gasteiger partial charge in [-0.05, 0) is 48.5 Å². The third kappa shape index (κ3) is 5.29. The Morgan fingerprint density at radius 1 is 0.806 bits per heavy atom. The van der Waals surface area contributed by atoms with E-state index in [0.717, 1.165) is 18.3 Å². The van der Waals surface area contributed by atoms with Crippen molar-refractivity contribution in [1.82, 2.24) is 8.61 Å². The number of benzene rings is 2. The van der Waals surface area contributed by atoms with E-state index in [0.29, 0.717) is 5.75 Å².